The number of carbonyl (C=O) groups is 1. The van der Waals surface area contributed by atoms with Crippen molar-refractivity contribution in [2.24, 2.45) is 4.99 Å². The molecular weight excluding hydrogens is 306 g/mol. The first kappa shape index (κ1) is 17.6. The smallest absolute Gasteiger partial charge is 0.274 e. The van der Waals surface area contributed by atoms with Crippen LogP contribution >= 0.6 is 12.6 Å². The van der Waals surface area contributed by atoms with Crippen molar-refractivity contribution in [1.82, 2.24) is 5.32 Å². The third-order valence-corrected chi connectivity index (χ3v) is 4.24. The van der Waals surface area contributed by atoms with Gasteiger partial charge in [0.25, 0.3) is 5.91 Å². The van der Waals surface area contributed by atoms with E-state index < -0.39 is 0 Å². The first-order valence-electron chi connectivity index (χ1n) is 8.10. The molecule has 0 saturated carbocycles. The Morgan fingerprint density at radius 3 is 2.52 bits per heavy atom. The standard InChI is InChI=1S/C18H25N3OS/c1-5-8-14-13(6-2)16(21-18(23)19-14)17(22)20-15-11(3)9-7-10-12(15)4/h7,9-10,18-19,23H,5-6,8H2,1-4H3,(H,20,22)/t18-/m0/s1. The van der Waals surface area contributed by atoms with Gasteiger partial charge in [-0.1, -0.05) is 38.5 Å². The maximum Gasteiger partial charge on any atom is 0.274 e. The van der Waals surface area contributed by atoms with Crippen molar-refractivity contribution in [2.75, 3.05) is 5.32 Å². The molecule has 0 aromatic heterocycles. The molecule has 124 valence electrons. The molecule has 4 nitrogen and oxygen atoms in total. The fourth-order valence-corrected chi connectivity index (χ4v) is 3.12. The average molecular weight is 331 g/mol. The van der Waals surface area contributed by atoms with Gasteiger partial charge >= 0.3 is 0 Å². The molecule has 0 unspecified atom stereocenters. The van der Waals surface area contributed by atoms with Gasteiger partial charge in [-0.3, -0.25) is 4.79 Å². The number of aryl methyl sites for hydroxylation is 2. The first-order valence-corrected chi connectivity index (χ1v) is 8.61. The number of para-hydroxylation sites is 1. The van der Waals surface area contributed by atoms with Crippen LogP contribution in [0.5, 0.6) is 0 Å². The predicted molar refractivity (Wildman–Crippen MR) is 100 cm³/mol. The minimum Gasteiger partial charge on any atom is -0.359 e. The zero-order valence-corrected chi connectivity index (χ0v) is 15.1. The number of carbonyl (C=O) groups excluding carboxylic acids is 1. The van der Waals surface area contributed by atoms with Crippen molar-refractivity contribution < 1.29 is 4.79 Å². The number of hydrogen-bond donors (Lipinski definition) is 3. The summed E-state index contributed by atoms with van der Waals surface area (Å²) in [6, 6.07) is 5.98. The summed E-state index contributed by atoms with van der Waals surface area (Å²) in [7, 11) is 0. The van der Waals surface area contributed by atoms with Crippen LogP contribution in [0.3, 0.4) is 0 Å². The maximum atomic E-state index is 12.8. The van der Waals surface area contributed by atoms with E-state index in [0.29, 0.717) is 5.71 Å². The van der Waals surface area contributed by atoms with Gasteiger partial charge in [0.1, 0.15) is 5.71 Å². The number of allylic oxidation sites excluding steroid dienone is 1. The van der Waals surface area contributed by atoms with Crippen LogP contribution in [0.1, 0.15) is 44.2 Å². The van der Waals surface area contributed by atoms with E-state index in [1.54, 1.807) is 0 Å². The molecule has 0 aliphatic carbocycles. The number of amides is 1. The number of thiol groups is 1. The summed E-state index contributed by atoms with van der Waals surface area (Å²) in [5.41, 5.74) is 5.15. The van der Waals surface area contributed by atoms with E-state index in [2.05, 4.69) is 35.2 Å². The number of rotatable bonds is 5. The third kappa shape index (κ3) is 3.96. The van der Waals surface area contributed by atoms with Crippen LogP contribution < -0.4 is 10.6 Å². The van der Waals surface area contributed by atoms with E-state index >= 15 is 0 Å². The predicted octanol–water partition coefficient (Wildman–Crippen LogP) is 3.96. The fraction of sp³-hybridized carbons (Fsp3) is 0.444. The number of aliphatic imine (C=N–C) groups is 1. The van der Waals surface area contributed by atoms with Gasteiger partial charge in [0.15, 0.2) is 5.50 Å². The lowest BCUT2D eigenvalue weighted by Gasteiger charge is -2.25. The summed E-state index contributed by atoms with van der Waals surface area (Å²) in [6.45, 7) is 8.16. The van der Waals surface area contributed by atoms with Gasteiger partial charge in [-0.15, -0.1) is 12.6 Å². The Bertz CT molecular complexity index is 644. The van der Waals surface area contributed by atoms with Crippen LogP contribution in [-0.2, 0) is 4.79 Å². The molecule has 2 N–H and O–H groups in total. The van der Waals surface area contributed by atoms with Gasteiger partial charge in [0.2, 0.25) is 0 Å². The van der Waals surface area contributed by atoms with E-state index in [9.17, 15) is 4.79 Å². The van der Waals surface area contributed by atoms with Crippen LogP contribution in [0.25, 0.3) is 0 Å². The quantitative estimate of drug-likeness (QED) is 0.715. The molecule has 23 heavy (non-hydrogen) atoms. The highest BCUT2D eigenvalue weighted by atomic mass is 32.1. The monoisotopic (exact) mass is 331 g/mol. The molecule has 1 heterocycles. The van der Waals surface area contributed by atoms with Crippen molar-refractivity contribution in [3.63, 3.8) is 0 Å². The molecule has 5 heteroatoms. The lowest BCUT2D eigenvalue weighted by Crippen LogP contribution is -2.36. The molecule has 1 amide bonds. The molecule has 0 saturated heterocycles. The Morgan fingerprint density at radius 1 is 1.30 bits per heavy atom. The van der Waals surface area contributed by atoms with Crippen LogP contribution in [0.4, 0.5) is 5.69 Å². The fourth-order valence-electron chi connectivity index (χ4n) is 2.85. The maximum absolute atomic E-state index is 12.8. The van der Waals surface area contributed by atoms with Crippen molar-refractivity contribution in [3.05, 3.63) is 40.6 Å². The molecule has 1 aromatic carbocycles. The number of nitrogens with zero attached hydrogens (tertiary/aromatic N) is 1. The average Bonchev–Trinajstić information content (AvgIpc) is 2.50. The summed E-state index contributed by atoms with van der Waals surface area (Å²) in [5.74, 6) is -0.159. The minimum atomic E-state index is -0.370. The van der Waals surface area contributed by atoms with Crippen LogP contribution in [0.2, 0.25) is 0 Å². The van der Waals surface area contributed by atoms with E-state index in [-0.39, 0.29) is 11.4 Å². The largest absolute Gasteiger partial charge is 0.359 e. The minimum absolute atomic E-state index is 0.159. The number of nitrogens with one attached hydrogen (secondary N) is 2. The lowest BCUT2D eigenvalue weighted by molar-refractivity contribution is -0.110. The Kier molecular flexibility index (Phi) is 5.88. The van der Waals surface area contributed by atoms with Gasteiger partial charge in [0, 0.05) is 17.0 Å². The molecule has 0 spiro atoms. The normalized spacial score (nSPS) is 17.6. The van der Waals surface area contributed by atoms with Crippen molar-refractivity contribution >= 4 is 29.9 Å². The second-order valence-electron chi connectivity index (χ2n) is 5.78. The van der Waals surface area contributed by atoms with Gasteiger partial charge < -0.3 is 10.6 Å². The Labute approximate surface area is 143 Å². The molecule has 1 aliphatic rings. The molecule has 0 fully saturated rings. The van der Waals surface area contributed by atoms with E-state index in [1.165, 1.54) is 0 Å². The summed E-state index contributed by atoms with van der Waals surface area (Å²) in [6.07, 6.45) is 2.68. The summed E-state index contributed by atoms with van der Waals surface area (Å²) in [5, 5.41) is 6.30. The second-order valence-corrected chi connectivity index (χ2v) is 6.27. The third-order valence-electron chi connectivity index (χ3n) is 3.99. The lowest BCUT2D eigenvalue weighted by atomic mass is 10.00. The SMILES string of the molecule is CCCC1=C(CC)C(C(=O)Nc2c(C)cccc2C)=N[C@@H](S)N1. The van der Waals surface area contributed by atoms with Crippen LogP contribution in [0, 0.1) is 13.8 Å². The molecule has 1 aliphatic heterocycles. The molecule has 2 rings (SSSR count). The Morgan fingerprint density at radius 2 is 1.96 bits per heavy atom. The van der Waals surface area contributed by atoms with E-state index in [0.717, 1.165) is 47.3 Å². The van der Waals surface area contributed by atoms with Gasteiger partial charge in [-0.2, -0.15) is 0 Å². The molecule has 0 radical (unpaired) electrons. The molecule has 0 bridgehead atoms. The number of hydrogen-bond acceptors (Lipinski definition) is 4. The summed E-state index contributed by atoms with van der Waals surface area (Å²) in [4.78, 5) is 17.2. The Hall–Kier alpha value is -1.75. The molecule has 1 aromatic rings. The van der Waals surface area contributed by atoms with Gasteiger partial charge in [0.05, 0.1) is 0 Å². The van der Waals surface area contributed by atoms with Crippen molar-refractivity contribution in [2.45, 2.75) is 52.5 Å². The summed E-state index contributed by atoms with van der Waals surface area (Å²) < 4.78 is 0. The van der Waals surface area contributed by atoms with E-state index in [4.69, 9.17) is 0 Å². The highest BCUT2D eigenvalue weighted by molar-refractivity contribution is 7.80. The topological polar surface area (TPSA) is 53.5 Å². The van der Waals surface area contributed by atoms with Crippen molar-refractivity contribution in [1.29, 1.82) is 0 Å². The van der Waals surface area contributed by atoms with Crippen LogP contribution in [0.15, 0.2) is 34.5 Å². The first-order chi connectivity index (χ1) is 11.0. The molecular formula is C18H25N3OS. The van der Waals surface area contributed by atoms with Crippen molar-refractivity contribution in [3.8, 4) is 0 Å². The zero-order chi connectivity index (χ0) is 17.0. The number of anilines is 1. The van der Waals surface area contributed by atoms with Gasteiger partial charge in [-0.05, 0) is 37.8 Å². The number of benzene rings is 1. The van der Waals surface area contributed by atoms with E-state index in [1.807, 2.05) is 39.0 Å². The highest BCUT2D eigenvalue weighted by Gasteiger charge is 2.25. The van der Waals surface area contributed by atoms with Crippen LogP contribution in [-0.4, -0.2) is 17.1 Å². The van der Waals surface area contributed by atoms with Gasteiger partial charge in [-0.25, -0.2) is 4.99 Å². The second kappa shape index (κ2) is 7.68. The Balaban J connectivity index is 2.33. The zero-order valence-electron chi connectivity index (χ0n) is 14.2. The summed E-state index contributed by atoms with van der Waals surface area (Å²) >= 11 is 4.40. The highest BCUT2D eigenvalue weighted by Crippen LogP contribution is 2.24. The molecule has 1 atom stereocenters.